The summed E-state index contributed by atoms with van der Waals surface area (Å²) in [5, 5.41) is 0.647. The van der Waals surface area contributed by atoms with Gasteiger partial charge in [0, 0.05) is 16.3 Å². The molecule has 0 spiro atoms. The molecular formula is C16H14ClNO. The van der Waals surface area contributed by atoms with Gasteiger partial charge in [-0.2, -0.15) is 0 Å². The lowest BCUT2D eigenvalue weighted by Crippen LogP contribution is -2.20. The number of nitrogens with two attached hydrogens (primary N) is 1. The van der Waals surface area contributed by atoms with Crippen LogP contribution in [-0.4, -0.2) is 5.78 Å². The van der Waals surface area contributed by atoms with Gasteiger partial charge < -0.3 is 5.73 Å². The van der Waals surface area contributed by atoms with Crippen LogP contribution >= 0.6 is 11.6 Å². The Kier molecular flexibility index (Phi) is 2.83. The van der Waals surface area contributed by atoms with Crippen molar-refractivity contribution >= 4 is 23.1 Å². The fourth-order valence-corrected chi connectivity index (χ4v) is 2.58. The summed E-state index contributed by atoms with van der Waals surface area (Å²) < 4.78 is 0. The Hall–Kier alpha value is -1.80. The van der Waals surface area contributed by atoms with Crippen molar-refractivity contribution in [2.75, 3.05) is 5.73 Å². The van der Waals surface area contributed by atoms with Crippen LogP contribution in [0.15, 0.2) is 48.5 Å². The number of anilines is 1. The molecule has 96 valence electrons. The number of rotatable bonds is 3. The second kappa shape index (κ2) is 4.39. The SMILES string of the molecule is Nc1ccc(C2(C(=O)c3ccc(Cl)cc3)CC2)cc1. The first-order valence-electron chi connectivity index (χ1n) is 6.28. The van der Waals surface area contributed by atoms with Crippen molar-refractivity contribution < 1.29 is 4.79 Å². The quantitative estimate of drug-likeness (QED) is 0.681. The molecule has 1 saturated carbocycles. The third-order valence-electron chi connectivity index (χ3n) is 3.75. The Morgan fingerprint density at radius 3 is 2.11 bits per heavy atom. The molecule has 1 fully saturated rings. The smallest absolute Gasteiger partial charge is 0.173 e. The summed E-state index contributed by atoms with van der Waals surface area (Å²) in [5.41, 5.74) is 7.85. The van der Waals surface area contributed by atoms with E-state index in [0.717, 1.165) is 29.7 Å². The lowest BCUT2D eigenvalue weighted by Gasteiger charge is -2.15. The molecule has 2 nitrogen and oxygen atoms in total. The van der Waals surface area contributed by atoms with Gasteiger partial charge in [0.25, 0.3) is 0 Å². The summed E-state index contributed by atoms with van der Waals surface area (Å²) in [6.45, 7) is 0. The minimum atomic E-state index is -0.346. The van der Waals surface area contributed by atoms with E-state index in [1.807, 2.05) is 24.3 Å². The molecule has 0 amide bonds. The van der Waals surface area contributed by atoms with Crippen LogP contribution in [0, 0.1) is 0 Å². The molecule has 0 radical (unpaired) electrons. The zero-order valence-corrected chi connectivity index (χ0v) is 11.2. The molecule has 3 rings (SSSR count). The van der Waals surface area contributed by atoms with Gasteiger partial charge in [-0.25, -0.2) is 0 Å². The minimum Gasteiger partial charge on any atom is -0.399 e. The number of Topliss-reactive ketones (excluding diaryl/α,β-unsaturated/α-hetero) is 1. The molecule has 2 N–H and O–H groups in total. The third-order valence-corrected chi connectivity index (χ3v) is 4.01. The number of ketones is 1. The fraction of sp³-hybridized carbons (Fsp3) is 0.188. The van der Waals surface area contributed by atoms with Gasteiger partial charge in [0.15, 0.2) is 5.78 Å². The van der Waals surface area contributed by atoms with E-state index in [4.69, 9.17) is 17.3 Å². The van der Waals surface area contributed by atoms with Gasteiger partial charge in [-0.1, -0.05) is 23.7 Å². The van der Waals surface area contributed by atoms with Gasteiger partial charge in [0.1, 0.15) is 0 Å². The third kappa shape index (κ3) is 2.13. The maximum Gasteiger partial charge on any atom is 0.173 e. The number of nitrogen functional groups attached to an aromatic ring is 1. The molecule has 0 atom stereocenters. The highest BCUT2D eigenvalue weighted by Crippen LogP contribution is 2.50. The van der Waals surface area contributed by atoms with E-state index in [0.29, 0.717) is 5.02 Å². The lowest BCUT2D eigenvalue weighted by atomic mass is 9.87. The van der Waals surface area contributed by atoms with Crippen molar-refractivity contribution in [1.82, 2.24) is 0 Å². The maximum atomic E-state index is 12.7. The minimum absolute atomic E-state index is 0.175. The first-order valence-corrected chi connectivity index (χ1v) is 6.66. The number of benzene rings is 2. The van der Waals surface area contributed by atoms with Crippen LogP contribution < -0.4 is 5.73 Å². The fourth-order valence-electron chi connectivity index (χ4n) is 2.45. The van der Waals surface area contributed by atoms with E-state index in [1.165, 1.54) is 0 Å². The van der Waals surface area contributed by atoms with Crippen LogP contribution in [0.3, 0.4) is 0 Å². The number of halogens is 1. The molecule has 2 aromatic carbocycles. The average Bonchev–Trinajstić information content (AvgIpc) is 3.21. The molecule has 19 heavy (non-hydrogen) atoms. The molecule has 3 heteroatoms. The Balaban J connectivity index is 1.94. The van der Waals surface area contributed by atoms with Crippen LogP contribution in [-0.2, 0) is 5.41 Å². The first-order chi connectivity index (χ1) is 9.12. The van der Waals surface area contributed by atoms with Crippen molar-refractivity contribution in [2.24, 2.45) is 0 Å². The van der Waals surface area contributed by atoms with Gasteiger partial charge in [-0.15, -0.1) is 0 Å². The highest BCUT2D eigenvalue weighted by atomic mass is 35.5. The summed E-state index contributed by atoms with van der Waals surface area (Å²) in [4.78, 5) is 12.7. The van der Waals surface area contributed by atoms with Crippen LogP contribution in [0.4, 0.5) is 5.69 Å². The summed E-state index contributed by atoms with van der Waals surface area (Å²) >= 11 is 5.86. The largest absolute Gasteiger partial charge is 0.399 e. The molecule has 1 aliphatic carbocycles. The first kappa shape index (κ1) is 12.2. The number of hydrogen-bond acceptors (Lipinski definition) is 2. The van der Waals surface area contributed by atoms with E-state index in [2.05, 4.69) is 0 Å². The monoisotopic (exact) mass is 271 g/mol. The number of carbonyl (C=O) groups is 1. The van der Waals surface area contributed by atoms with Crippen LogP contribution in [0.2, 0.25) is 5.02 Å². The van der Waals surface area contributed by atoms with E-state index >= 15 is 0 Å². The van der Waals surface area contributed by atoms with Gasteiger partial charge in [0.05, 0.1) is 5.41 Å². The van der Waals surface area contributed by atoms with Crippen molar-refractivity contribution in [3.05, 3.63) is 64.7 Å². The normalized spacial score (nSPS) is 16.1. The predicted octanol–water partition coefficient (Wildman–Crippen LogP) is 3.84. The van der Waals surface area contributed by atoms with E-state index in [-0.39, 0.29) is 11.2 Å². The van der Waals surface area contributed by atoms with Crippen molar-refractivity contribution in [1.29, 1.82) is 0 Å². The Morgan fingerprint density at radius 2 is 1.58 bits per heavy atom. The molecule has 0 unspecified atom stereocenters. The Bertz CT molecular complexity index is 612. The van der Waals surface area contributed by atoms with Crippen molar-refractivity contribution in [2.45, 2.75) is 18.3 Å². The highest BCUT2D eigenvalue weighted by molar-refractivity contribution is 6.30. The molecule has 0 aromatic heterocycles. The predicted molar refractivity (Wildman–Crippen MR) is 77.5 cm³/mol. The van der Waals surface area contributed by atoms with Gasteiger partial charge in [-0.05, 0) is 54.8 Å². The standard InChI is InChI=1S/C16H14ClNO/c17-13-5-1-11(2-6-13)15(19)16(9-10-16)12-3-7-14(18)8-4-12/h1-8H,9-10,18H2. The summed E-state index contributed by atoms with van der Waals surface area (Å²) in [6.07, 6.45) is 1.80. The molecule has 0 saturated heterocycles. The van der Waals surface area contributed by atoms with E-state index in [9.17, 15) is 4.79 Å². The van der Waals surface area contributed by atoms with E-state index < -0.39 is 0 Å². The zero-order valence-electron chi connectivity index (χ0n) is 10.4. The number of hydrogen-bond donors (Lipinski definition) is 1. The topological polar surface area (TPSA) is 43.1 Å². The average molecular weight is 272 g/mol. The van der Waals surface area contributed by atoms with Crippen LogP contribution in [0.25, 0.3) is 0 Å². The molecule has 1 aliphatic rings. The summed E-state index contributed by atoms with van der Waals surface area (Å²) in [6, 6.07) is 14.7. The molecular weight excluding hydrogens is 258 g/mol. The molecule has 0 heterocycles. The lowest BCUT2D eigenvalue weighted by molar-refractivity contribution is 0.0946. The van der Waals surface area contributed by atoms with Crippen molar-refractivity contribution in [3.63, 3.8) is 0 Å². The number of carbonyl (C=O) groups excluding carboxylic acids is 1. The summed E-state index contributed by atoms with van der Waals surface area (Å²) in [7, 11) is 0. The molecule has 0 bridgehead atoms. The molecule has 2 aromatic rings. The Morgan fingerprint density at radius 1 is 1.00 bits per heavy atom. The van der Waals surface area contributed by atoms with Gasteiger partial charge in [0.2, 0.25) is 0 Å². The Labute approximate surface area is 117 Å². The maximum absolute atomic E-state index is 12.7. The van der Waals surface area contributed by atoms with Crippen LogP contribution in [0.5, 0.6) is 0 Å². The second-order valence-corrected chi connectivity index (χ2v) is 5.48. The van der Waals surface area contributed by atoms with Gasteiger partial charge in [-0.3, -0.25) is 4.79 Å². The van der Waals surface area contributed by atoms with Crippen LogP contribution in [0.1, 0.15) is 28.8 Å². The second-order valence-electron chi connectivity index (χ2n) is 5.04. The van der Waals surface area contributed by atoms with Gasteiger partial charge >= 0.3 is 0 Å². The molecule has 0 aliphatic heterocycles. The summed E-state index contributed by atoms with van der Waals surface area (Å²) in [5.74, 6) is 0.175. The zero-order chi connectivity index (χ0) is 13.5. The highest BCUT2D eigenvalue weighted by Gasteiger charge is 2.51. The van der Waals surface area contributed by atoms with E-state index in [1.54, 1.807) is 24.3 Å². The van der Waals surface area contributed by atoms with Crippen molar-refractivity contribution in [3.8, 4) is 0 Å².